The highest BCUT2D eigenvalue weighted by molar-refractivity contribution is 9.10. The molecule has 3 heterocycles. The van der Waals surface area contributed by atoms with Gasteiger partial charge in [0.15, 0.2) is 0 Å². The van der Waals surface area contributed by atoms with E-state index in [9.17, 15) is 4.79 Å². The van der Waals surface area contributed by atoms with E-state index < -0.39 is 0 Å². The van der Waals surface area contributed by atoms with Gasteiger partial charge < -0.3 is 9.47 Å². The van der Waals surface area contributed by atoms with Crippen molar-refractivity contribution in [1.29, 1.82) is 0 Å². The first kappa shape index (κ1) is 19.2. The molecule has 0 spiro atoms. The highest BCUT2D eigenvalue weighted by atomic mass is 79.9. The largest absolute Gasteiger partial charge is 0.347 e. The second-order valence-electron chi connectivity index (χ2n) is 7.26. The average molecular weight is 441 g/mol. The lowest BCUT2D eigenvalue weighted by Crippen LogP contribution is -2.49. The smallest absolute Gasteiger partial charge is 0.224 e. The van der Waals surface area contributed by atoms with Crippen molar-refractivity contribution in [3.63, 3.8) is 0 Å². The molecule has 28 heavy (non-hydrogen) atoms. The first-order chi connectivity index (χ1) is 13.7. The summed E-state index contributed by atoms with van der Waals surface area (Å²) >= 11 is 3.53. The number of pyridine rings is 1. The van der Waals surface area contributed by atoms with Crippen molar-refractivity contribution in [2.75, 3.05) is 32.7 Å². The molecule has 1 aliphatic heterocycles. The number of nitrogens with zero attached hydrogens (tertiary/aromatic N) is 4. The standard InChI is InChI=1S/C22H25BrN4O/c23-19-5-4-18-6-11-26(21(18)17-19)12-8-22(28)27-15-13-25(14-16-27)10-7-20-3-1-2-9-24-20/h1-6,9,11,17H,7-8,10,12-16H2. The molecule has 0 unspecified atom stereocenters. The maximum absolute atomic E-state index is 12.7. The van der Waals surface area contributed by atoms with Gasteiger partial charge in [-0.25, -0.2) is 0 Å². The quantitative estimate of drug-likeness (QED) is 0.588. The molecule has 0 radical (unpaired) electrons. The normalized spacial score (nSPS) is 15.2. The van der Waals surface area contributed by atoms with Crippen molar-refractivity contribution in [1.82, 2.24) is 19.4 Å². The van der Waals surface area contributed by atoms with Crippen LogP contribution in [0.1, 0.15) is 12.1 Å². The zero-order valence-corrected chi connectivity index (χ0v) is 17.5. The molecule has 0 bridgehead atoms. The predicted molar refractivity (Wildman–Crippen MR) is 115 cm³/mol. The van der Waals surface area contributed by atoms with Crippen LogP contribution in [-0.4, -0.2) is 58.0 Å². The number of halogens is 1. The minimum Gasteiger partial charge on any atom is -0.347 e. The number of hydrogen-bond acceptors (Lipinski definition) is 3. The average Bonchev–Trinajstić information content (AvgIpc) is 3.13. The zero-order chi connectivity index (χ0) is 19.3. The van der Waals surface area contributed by atoms with Crippen molar-refractivity contribution in [3.8, 4) is 0 Å². The van der Waals surface area contributed by atoms with Gasteiger partial charge in [-0.1, -0.05) is 28.1 Å². The van der Waals surface area contributed by atoms with E-state index in [1.807, 2.05) is 29.3 Å². The maximum atomic E-state index is 12.7. The molecule has 0 N–H and O–H groups in total. The topological polar surface area (TPSA) is 41.4 Å². The number of piperazine rings is 1. The summed E-state index contributed by atoms with van der Waals surface area (Å²) in [7, 11) is 0. The Morgan fingerprint density at radius 3 is 2.68 bits per heavy atom. The Balaban J connectivity index is 1.24. The molecule has 0 aliphatic carbocycles. The summed E-state index contributed by atoms with van der Waals surface area (Å²) in [4.78, 5) is 21.5. The van der Waals surface area contributed by atoms with Gasteiger partial charge in [0.25, 0.3) is 0 Å². The Kier molecular flexibility index (Phi) is 6.07. The van der Waals surface area contributed by atoms with E-state index in [0.717, 1.165) is 55.9 Å². The van der Waals surface area contributed by atoms with Crippen LogP contribution in [0.4, 0.5) is 0 Å². The Bertz CT molecular complexity index is 932. The second-order valence-corrected chi connectivity index (χ2v) is 8.17. The number of carbonyl (C=O) groups excluding carboxylic acids is 1. The van der Waals surface area contributed by atoms with E-state index in [2.05, 4.69) is 60.8 Å². The molecule has 4 rings (SSSR count). The fourth-order valence-corrected chi connectivity index (χ4v) is 4.11. The van der Waals surface area contributed by atoms with Gasteiger partial charge in [0, 0.05) is 80.2 Å². The van der Waals surface area contributed by atoms with Crippen LogP contribution in [0.5, 0.6) is 0 Å². The molecule has 1 aromatic carbocycles. The van der Waals surface area contributed by atoms with Crippen molar-refractivity contribution in [2.24, 2.45) is 0 Å². The van der Waals surface area contributed by atoms with Crippen LogP contribution >= 0.6 is 15.9 Å². The van der Waals surface area contributed by atoms with Gasteiger partial charge in [-0.05, 0) is 35.7 Å². The molecule has 0 atom stereocenters. The molecule has 1 saturated heterocycles. The fourth-order valence-electron chi connectivity index (χ4n) is 3.77. The van der Waals surface area contributed by atoms with E-state index >= 15 is 0 Å². The lowest BCUT2D eigenvalue weighted by molar-refractivity contribution is -0.133. The summed E-state index contributed by atoms with van der Waals surface area (Å²) < 4.78 is 3.23. The highest BCUT2D eigenvalue weighted by Gasteiger charge is 2.20. The van der Waals surface area contributed by atoms with E-state index in [1.165, 1.54) is 10.9 Å². The van der Waals surface area contributed by atoms with Gasteiger partial charge in [0.1, 0.15) is 0 Å². The molecule has 1 amide bonds. The molecule has 6 heteroatoms. The van der Waals surface area contributed by atoms with Gasteiger partial charge in [0.2, 0.25) is 5.91 Å². The van der Waals surface area contributed by atoms with Crippen LogP contribution in [0.15, 0.2) is 59.3 Å². The molecular formula is C22H25BrN4O. The predicted octanol–water partition coefficient (Wildman–Crippen LogP) is 3.58. The molecule has 2 aromatic heterocycles. The number of aromatic nitrogens is 2. The van der Waals surface area contributed by atoms with E-state index in [4.69, 9.17) is 0 Å². The Morgan fingerprint density at radius 2 is 1.89 bits per heavy atom. The van der Waals surface area contributed by atoms with Gasteiger partial charge in [-0.2, -0.15) is 0 Å². The summed E-state index contributed by atoms with van der Waals surface area (Å²) in [6, 6.07) is 14.4. The van der Waals surface area contributed by atoms with Gasteiger partial charge in [-0.15, -0.1) is 0 Å². The number of aryl methyl sites for hydroxylation is 1. The van der Waals surface area contributed by atoms with E-state index in [1.54, 1.807) is 0 Å². The molecular weight excluding hydrogens is 416 g/mol. The molecule has 1 fully saturated rings. The van der Waals surface area contributed by atoms with Crippen LogP contribution < -0.4 is 0 Å². The monoisotopic (exact) mass is 440 g/mol. The van der Waals surface area contributed by atoms with Crippen molar-refractivity contribution >= 4 is 32.7 Å². The minimum atomic E-state index is 0.251. The van der Waals surface area contributed by atoms with Crippen LogP contribution in [0.2, 0.25) is 0 Å². The second kappa shape index (κ2) is 8.88. The lowest BCUT2D eigenvalue weighted by atomic mass is 10.2. The number of carbonyl (C=O) groups is 1. The van der Waals surface area contributed by atoms with Gasteiger partial charge in [-0.3, -0.25) is 14.7 Å². The van der Waals surface area contributed by atoms with Gasteiger partial charge >= 0.3 is 0 Å². The van der Waals surface area contributed by atoms with Gasteiger partial charge in [0.05, 0.1) is 0 Å². The Morgan fingerprint density at radius 1 is 1.04 bits per heavy atom. The minimum absolute atomic E-state index is 0.251. The van der Waals surface area contributed by atoms with Crippen LogP contribution in [0.25, 0.3) is 10.9 Å². The number of fused-ring (bicyclic) bond motifs is 1. The van der Waals surface area contributed by atoms with Crippen molar-refractivity contribution in [3.05, 3.63) is 65.0 Å². The summed E-state index contributed by atoms with van der Waals surface area (Å²) in [6.07, 6.45) is 5.42. The molecule has 146 valence electrons. The van der Waals surface area contributed by atoms with E-state index in [0.29, 0.717) is 6.42 Å². The summed E-state index contributed by atoms with van der Waals surface area (Å²) in [5.41, 5.74) is 2.30. The maximum Gasteiger partial charge on any atom is 0.224 e. The summed E-state index contributed by atoms with van der Waals surface area (Å²) in [5.74, 6) is 0.251. The Labute approximate surface area is 174 Å². The SMILES string of the molecule is O=C(CCn1ccc2ccc(Br)cc21)N1CCN(CCc2ccccn2)CC1. The molecule has 1 aliphatic rings. The van der Waals surface area contributed by atoms with Crippen LogP contribution in [-0.2, 0) is 17.8 Å². The fraction of sp³-hybridized carbons (Fsp3) is 0.364. The lowest BCUT2D eigenvalue weighted by Gasteiger charge is -2.34. The summed E-state index contributed by atoms with van der Waals surface area (Å²) in [5, 5.41) is 1.21. The van der Waals surface area contributed by atoms with Crippen molar-refractivity contribution in [2.45, 2.75) is 19.4 Å². The third-order valence-electron chi connectivity index (χ3n) is 5.44. The summed E-state index contributed by atoms with van der Waals surface area (Å²) in [6.45, 7) is 5.25. The van der Waals surface area contributed by atoms with Crippen molar-refractivity contribution < 1.29 is 4.79 Å². The number of rotatable bonds is 6. The third-order valence-corrected chi connectivity index (χ3v) is 5.93. The first-order valence-electron chi connectivity index (χ1n) is 9.83. The number of hydrogen-bond donors (Lipinski definition) is 0. The number of amides is 1. The van der Waals surface area contributed by atoms with Crippen LogP contribution in [0, 0.1) is 0 Å². The highest BCUT2D eigenvalue weighted by Crippen LogP contribution is 2.21. The van der Waals surface area contributed by atoms with Crippen LogP contribution in [0.3, 0.4) is 0 Å². The Hall–Kier alpha value is -2.18. The molecule has 0 saturated carbocycles. The molecule has 5 nitrogen and oxygen atoms in total. The van der Waals surface area contributed by atoms with E-state index in [-0.39, 0.29) is 5.91 Å². The molecule has 3 aromatic rings. The zero-order valence-electron chi connectivity index (χ0n) is 15.9. The first-order valence-corrected chi connectivity index (χ1v) is 10.6. The number of benzene rings is 1. The third kappa shape index (κ3) is 4.62.